The van der Waals surface area contributed by atoms with Crippen LogP contribution in [0.1, 0.15) is 47.0 Å². The van der Waals surface area contributed by atoms with Crippen LogP contribution in [0, 0.1) is 23.2 Å². The lowest BCUT2D eigenvalue weighted by Gasteiger charge is -2.37. The molecule has 0 spiro atoms. The third-order valence-corrected chi connectivity index (χ3v) is 4.29. The maximum absolute atomic E-state index is 11.7. The van der Waals surface area contributed by atoms with Gasteiger partial charge in [0.1, 0.15) is 0 Å². The van der Waals surface area contributed by atoms with E-state index in [0.29, 0.717) is 11.7 Å². The van der Waals surface area contributed by atoms with Crippen LogP contribution in [-0.4, -0.2) is 5.78 Å². The number of Topliss-reactive ketones (excluding diaryl/α,β-unsaturated/α-hetero) is 1. The Morgan fingerprint density at radius 1 is 1.40 bits per heavy atom. The number of ketones is 1. The monoisotopic (exact) mass is 206 g/mol. The first-order valence-corrected chi connectivity index (χ1v) is 6.14. The largest absolute Gasteiger partial charge is 0.295 e. The van der Waals surface area contributed by atoms with Crippen LogP contribution in [0.15, 0.2) is 11.6 Å². The van der Waals surface area contributed by atoms with Gasteiger partial charge in [-0.3, -0.25) is 4.79 Å². The molecule has 0 unspecified atom stereocenters. The van der Waals surface area contributed by atoms with Crippen molar-refractivity contribution in [2.75, 3.05) is 0 Å². The Labute approximate surface area is 92.9 Å². The number of carbonyl (C=O) groups is 1. The fourth-order valence-electron chi connectivity index (χ4n) is 3.55. The van der Waals surface area contributed by atoms with E-state index in [2.05, 4.69) is 26.8 Å². The molecule has 15 heavy (non-hydrogen) atoms. The van der Waals surface area contributed by atoms with Crippen molar-refractivity contribution in [2.24, 2.45) is 23.2 Å². The van der Waals surface area contributed by atoms with Crippen LogP contribution in [0.5, 0.6) is 0 Å². The lowest BCUT2D eigenvalue weighted by atomic mass is 9.67. The molecular weight excluding hydrogens is 184 g/mol. The van der Waals surface area contributed by atoms with E-state index < -0.39 is 0 Å². The molecule has 0 radical (unpaired) electrons. The molecule has 2 aliphatic carbocycles. The van der Waals surface area contributed by atoms with Crippen LogP contribution in [-0.2, 0) is 4.79 Å². The molecule has 1 nitrogen and oxygen atoms in total. The Morgan fingerprint density at radius 2 is 2.07 bits per heavy atom. The Hall–Kier alpha value is -0.590. The van der Waals surface area contributed by atoms with Gasteiger partial charge >= 0.3 is 0 Å². The molecule has 0 aromatic heterocycles. The normalized spacial score (nSPS) is 38.4. The van der Waals surface area contributed by atoms with Crippen molar-refractivity contribution in [3.63, 3.8) is 0 Å². The van der Waals surface area contributed by atoms with Gasteiger partial charge in [-0.1, -0.05) is 26.8 Å². The zero-order valence-electron chi connectivity index (χ0n) is 10.3. The lowest BCUT2D eigenvalue weighted by Crippen LogP contribution is -2.30. The van der Waals surface area contributed by atoms with Crippen molar-refractivity contribution >= 4 is 5.78 Å². The zero-order chi connectivity index (χ0) is 11.2. The second kappa shape index (κ2) is 3.47. The van der Waals surface area contributed by atoms with Crippen molar-refractivity contribution in [1.82, 2.24) is 0 Å². The average molecular weight is 206 g/mol. The number of carbonyl (C=O) groups excluding carboxylic acids is 1. The van der Waals surface area contributed by atoms with Crippen molar-refractivity contribution in [3.8, 4) is 0 Å². The van der Waals surface area contributed by atoms with Gasteiger partial charge in [0, 0.05) is 0 Å². The summed E-state index contributed by atoms with van der Waals surface area (Å²) in [7, 11) is 0. The van der Waals surface area contributed by atoms with Gasteiger partial charge in [0.15, 0.2) is 5.78 Å². The van der Waals surface area contributed by atoms with Gasteiger partial charge in [0.2, 0.25) is 0 Å². The second-order valence-corrected chi connectivity index (χ2v) is 6.17. The molecule has 2 aliphatic rings. The summed E-state index contributed by atoms with van der Waals surface area (Å²) in [6, 6.07) is 0. The SMILES string of the molecule is CC(=O)C1=CC(C)(C)C[C@H]2[C@H](C)CC[C@@H]12. The van der Waals surface area contributed by atoms with Crippen LogP contribution in [0.25, 0.3) is 0 Å². The highest BCUT2D eigenvalue weighted by atomic mass is 16.1. The maximum Gasteiger partial charge on any atom is 0.155 e. The standard InChI is InChI=1S/C14H22O/c1-9-5-6-11-12(9)7-14(3,4)8-13(11)10(2)15/h8-9,11-12H,5-7H2,1-4H3/t9-,11-,12+/m1/s1. The maximum atomic E-state index is 11.7. The first-order valence-electron chi connectivity index (χ1n) is 6.14. The Bertz CT molecular complexity index is 311. The van der Waals surface area contributed by atoms with E-state index in [0.717, 1.165) is 17.4 Å². The predicted molar refractivity (Wildman–Crippen MR) is 62.5 cm³/mol. The second-order valence-electron chi connectivity index (χ2n) is 6.17. The highest BCUT2D eigenvalue weighted by molar-refractivity contribution is 5.94. The topological polar surface area (TPSA) is 17.1 Å². The van der Waals surface area contributed by atoms with Gasteiger partial charge in [-0.25, -0.2) is 0 Å². The summed E-state index contributed by atoms with van der Waals surface area (Å²) in [5, 5.41) is 0. The van der Waals surface area contributed by atoms with Crippen LogP contribution in [0.4, 0.5) is 0 Å². The zero-order valence-corrected chi connectivity index (χ0v) is 10.3. The minimum absolute atomic E-state index is 0.223. The lowest BCUT2D eigenvalue weighted by molar-refractivity contribution is -0.114. The predicted octanol–water partition coefficient (Wildman–Crippen LogP) is 3.59. The van der Waals surface area contributed by atoms with Gasteiger partial charge in [0.05, 0.1) is 0 Å². The van der Waals surface area contributed by atoms with E-state index in [9.17, 15) is 4.79 Å². The third-order valence-electron chi connectivity index (χ3n) is 4.29. The first kappa shape index (κ1) is 10.9. The van der Waals surface area contributed by atoms with Crippen LogP contribution in [0.2, 0.25) is 0 Å². The summed E-state index contributed by atoms with van der Waals surface area (Å²) in [4.78, 5) is 11.7. The number of hydrogen-bond acceptors (Lipinski definition) is 1. The molecule has 0 heterocycles. The van der Waals surface area contributed by atoms with Crippen molar-refractivity contribution in [2.45, 2.75) is 47.0 Å². The number of rotatable bonds is 1. The third kappa shape index (κ3) is 1.89. The van der Waals surface area contributed by atoms with Crippen molar-refractivity contribution < 1.29 is 4.79 Å². The summed E-state index contributed by atoms with van der Waals surface area (Å²) >= 11 is 0. The molecule has 0 aromatic carbocycles. The molecule has 1 saturated carbocycles. The molecule has 0 amide bonds. The first-order chi connectivity index (χ1) is 6.91. The average Bonchev–Trinajstić information content (AvgIpc) is 2.45. The summed E-state index contributed by atoms with van der Waals surface area (Å²) < 4.78 is 0. The molecule has 0 aliphatic heterocycles. The van der Waals surface area contributed by atoms with Crippen LogP contribution in [0.3, 0.4) is 0 Å². The molecule has 2 rings (SSSR count). The Balaban J connectivity index is 2.36. The highest BCUT2D eigenvalue weighted by Crippen LogP contribution is 2.51. The number of allylic oxidation sites excluding steroid dienone is 2. The van der Waals surface area contributed by atoms with Gasteiger partial charge in [-0.15, -0.1) is 0 Å². The van der Waals surface area contributed by atoms with E-state index in [1.54, 1.807) is 6.92 Å². The van der Waals surface area contributed by atoms with E-state index in [1.165, 1.54) is 19.3 Å². The highest BCUT2D eigenvalue weighted by Gasteiger charge is 2.42. The minimum atomic E-state index is 0.223. The van der Waals surface area contributed by atoms with E-state index >= 15 is 0 Å². The molecular formula is C14H22O. The molecule has 0 aromatic rings. The molecule has 0 saturated heterocycles. The van der Waals surface area contributed by atoms with Gasteiger partial charge in [-0.05, 0) is 54.9 Å². The van der Waals surface area contributed by atoms with Crippen molar-refractivity contribution in [3.05, 3.63) is 11.6 Å². The van der Waals surface area contributed by atoms with Crippen LogP contribution < -0.4 is 0 Å². The molecule has 1 fully saturated rings. The summed E-state index contributed by atoms with van der Waals surface area (Å²) in [6.45, 7) is 8.60. The summed E-state index contributed by atoms with van der Waals surface area (Å²) in [6.07, 6.45) is 6.04. The summed E-state index contributed by atoms with van der Waals surface area (Å²) in [5.74, 6) is 2.43. The van der Waals surface area contributed by atoms with Crippen molar-refractivity contribution in [1.29, 1.82) is 0 Å². The molecule has 84 valence electrons. The minimum Gasteiger partial charge on any atom is -0.295 e. The number of fused-ring (bicyclic) bond motifs is 1. The molecule has 1 heteroatoms. The van der Waals surface area contributed by atoms with Crippen LogP contribution >= 0.6 is 0 Å². The van der Waals surface area contributed by atoms with E-state index in [-0.39, 0.29) is 5.41 Å². The summed E-state index contributed by atoms with van der Waals surface area (Å²) in [5.41, 5.74) is 1.35. The van der Waals surface area contributed by atoms with E-state index in [1.807, 2.05) is 0 Å². The fraction of sp³-hybridized carbons (Fsp3) is 0.786. The smallest absolute Gasteiger partial charge is 0.155 e. The van der Waals surface area contributed by atoms with E-state index in [4.69, 9.17) is 0 Å². The van der Waals surface area contributed by atoms with Gasteiger partial charge in [-0.2, -0.15) is 0 Å². The quantitative estimate of drug-likeness (QED) is 0.640. The number of hydrogen-bond donors (Lipinski definition) is 0. The molecule has 3 atom stereocenters. The Morgan fingerprint density at radius 3 is 2.67 bits per heavy atom. The Kier molecular flexibility index (Phi) is 2.52. The molecule has 0 bridgehead atoms. The van der Waals surface area contributed by atoms with Gasteiger partial charge in [0.25, 0.3) is 0 Å². The molecule has 0 N–H and O–H groups in total. The fourth-order valence-corrected chi connectivity index (χ4v) is 3.55. The van der Waals surface area contributed by atoms with Gasteiger partial charge < -0.3 is 0 Å².